The van der Waals surface area contributed by atoms with Crippen LogP contribution in [0.4, 0.5) is 0 Å². The van der Waals surface area contributed by atoms with Crippen LogP contribution in [0.1, 0.15) is 21.5 Å². The smallest absolute Gasteiger partial charge is 0.275 e. The minimum atomic E-state index is -0.651. The minimum absolute atomic E-state index is 0.0825. The molecule has 29 heavy (non-hydrogen) atoms. The average molecular weight is 431 g/mol. The van der Waals surface area contributed by atoms with Crippen LogP contribution in [0.25, 0.3) is 0 Å². The molecule has 0 bridgehead atoms. The summed E-state index contributed by atoms with van der Waals surface area (Å²) < 4.78 is 5.74. The zero-order chi connectivity index (χ0) is 20.8. The van der Waals surface area contributed by atoms with Gasteiger partial charge in [-0.05, 0) is 53.6 Å². The highest BCUT2D eigenvalue weighted by atomic mass is 35.5. The van der Waals surface area contributed by atoms with Crippen LogP contribution in [-0.4, -0.2) is 22.3 Å². The van der Waals surface area contributed by atoms with Crippen LogP contribution < -0.4 is 10.2 Å². The number of benzene rings is 3. The van der Waals surface area contributed by atoms with Crippen LogP contribution in [0, 0.1) is 0 Å². The maximum absolute atomic E-state index is 12.0. The molecule has 148 valence electrons. The van der Waals surface area contributed by atoms with Crippen molar-refractivity contribution in [2.75, 3.05) is 0 Å². The Morgan fingerprint density at radius 1 is 1.03 bits per heavy atom. The lowest BCUT2D eigenvalue weighted by molar-refractivity contribution is 0.0952. The lowest BCUT2D eigenvalue weighted by Gasteiger charge is -2.08. The molecule has 0 radical (unpaired) electrons. The summed E-state index contributed by atoms with van der Waals surface area (Å²) in [5, 5.41) is 23.9. The molecule has 0 aliphatic carbocycles. The molecule has 3 aromatic carbocycles. The molecule has 3 N–H and O–H groups in total. The van der Waals surface area contributed by atoms with Gasteiger partial charge in [-0.1, -0.05) is 41.4 Å². The number of hydrazone groups is 1. The van der Waals surface area contributed by atoms with E-state index < -0.39 is 5.91 Å². The van der Waals surface area contributed by atoms with Crippen LogP contribution in [0.5, 0.6) is 17.2 Å². The van der Waals surface area contributed by atoms with Gasteiger partial charge in [-0.15, -0.1) is 0 Å². The molecule has 0 aliphatic rings. The molecule has 8 heteroatoms. The van der Waals surface area contributed by atoms with Crippen LogP contribution in [-0.2, 0) is 6.61 Å². The van der Waals surface area contributed by atoms with Crippen molar-refractivity contribution in [3.05, 3.63) is 87.4 Å². The second-order valence-corrected chi connectivity index (χ2v) is 6.82. The summed E-state index contributed by atoms with van der Waals surface area (Å²) in [6.07, 6.45) is 1.43. The van der Waals surface area contributed by atoms with Gasteiger partial charge in [-0.2, -0.15) is 5.10 Å². The van der Waals surface area contributed by atoms with E-state index in [4.69, 9.17) is 27.9 Å². The van der Waals surface area contributed by atoms with E-state index in [1.165, 1.54) is 18.3 Å². The van der Waals surface area contributed by atoms with Gasteiger partial charge in [0.15, 0.2) is 0 Å². The Bertz CT molecular complexity index is 1070. The number of carbonyl (C=O) groups excluding carboxylic acids is 1. The van der Waals surface area contributed by atoms with E-state index in [1.54, 1.807) is 36.4 Å². The van der Waals surface area contributed by atoms with Crippen molar-refractivity contribution in [1.29, 1.82) is 0 Å². The van der Waals surface area contributed by atoms with Gasteiger partial charge >= 0.3 is 0 Å². The van der Waals surface area contributed by atoms with Gasteiger partial charge in [0.05, 0.1) is 21.8 Å². The van der Waals surface area contributed by atoms with Gasteiger partial charge in [0.2, 0.25) is 0 Å². The van der Waals surface area contributed by atoms with Crippen molar-refractivity contribution in [3.63, 3.8) is 0 Å². The number of amides is 1. The Balaban J connectivity index is 1.61. The molecule has 3 rings (SSSR count). The van der Waals surface area contributed by atoms with Crippen LogP contribution in [0.15, 0.2) is 65.8 Å². The summed E-state index contributed by atoms with van der Waals surface area (Å²) in [4.78, 5) is 12.0. The molecule has 0 saturated carbocycles. The van der Waals surface area contributed by atoms with E-state index in [2.05, 4.69) is 10.5 Å². The Morgan fingerprint density at radius 3 is 2.66 bits per heavy atom. The Morgan fingerprint density at radius 2 is 1.86 bits per heavy atom. The first kappa shape index (κ1) is 20.5. The molecule has 0 unspecified atom stereocenters. The monoisotopic (exact) mass is 430 g/mol. The Hall–Kier alpha value is -3.22. The van der Waals surface area contributed by atoms with E-state index in [-0.39, 0.29) is 17.1 Å². The highest BCUT2D eigenvalue weighted by Crippen LogP contribution is 2.24. The third-order valence-corrected chi connectivity index (χ3v) is 4.59. The number of nitrogens with zero attached hydrogens (tertiary/aromatic N) is 1. The van der Waals surface area contributed by atoms with Crippen molar-refractivity contribution in [3.8, 4) is 17.2 Å². The Labute approximate surface area is 177 Å². The molecule has 3 aromatic rings. The molecular formula is C21H16Cl2N2O4. The number of ether oxygens (including phenoxy) is 1. The second kappa shape index (κ2) is 9.32. The Kier molecular flexibility index (Phi) is 6.59. The number of aromatic hydroxyl groups is 2. The summed E-state index contributed by atoms with van der Waals surface area (Å²) >= 11 is 11.9. The molecule has 0 atom stereocenters. The zero-order valence-corrected chi connectivity index (χ0v) is 16.5. The molecule has 1 amide bonds. The molecule has 0 aliphatic heterocycles. The number of hydrogen-bond acceptors (Lipinski definition) is 5. The molecule has 0 aromatic heterocycles. The summed E-state index contributed by atoms with van der Waals surface area (Å²) in [6.45, 7) is 0.311. The van der Waals surface area contributed by atoms with Crippen molar-refractivity contribution in [2.24, 2.45) is 5.10 Å². The highest BCUT2D eigenvalue weighted by Gasteiger charge is 2.11. The van der Waals surface area contributed by atoms with Crippen molar-refractivity contribution >= 4 is 35.3 Å². The first-order valence-corrected chi connectivity index (χ1v) is 9.20. The highest BCUT2D eigenvalue weighted by molar-refractivity contribution is 6.42. The van der Waals surface area contributed by atoms with Crippen LogP contribution in [0.3, 0.4) is 0 Å². The standard InChI is InChI=1S/C21H16Cl2N2O4/c22-18-6-4-14(9-19(18)23)12-29-16-3-1-2-13(8-16)11-24-25-21(28)17-10-15(26)5-7-20(17)27/h1-11,26-27H,12H2,(H,25,28). The normalized spacial score (nSPS) is 10.8. The largest absolute Gasteiger partial charge is 0.508 e. The second-order valence-electron chi connectivity index (χ2n) is 6.01. The maximum Gasteiger partial charge on any atom is 0.275 e. The van der Waals surface area contributed by atoms with Crippen LogP contribution >= 0.6 is 23.2 Å². The summed E-state index contributed by atoms with van der Waals surface area (Å²) in [5.41, 5.74) is 3.78. The van der Waals surface area contributed by atoms with Gasteiger partial charge in [-0.25, -0.2) is 5.43 Å². The van der Waals surface area contributed by atoms with Crippen molar-refractivity contribution in [2.45, 2.75) is 6.61 Å². The SMILES string of the molecule is O=C(NN=Cc1cccc(OCc2ccc(Cl)c(Cl)c2)c1)c1cc(O)ccc1O. The van der Waals surface area contributed by atoms with Gasteiger partial charge in [0.25, 0.3) is 5.91 Å². The third kappa shape index (κ3) is 5.63. The molecule has 0 saturated heterocycles. The number of phenols is 2. The zero-order valence-electron chi connectivity index (χ0n) is 15.0. The maximum atomic E-state index is 12.0. The number of hydrogen-bond donors (Lipinski definition) is 3. The van der Waals surface area contributed by atoms with Gasteiger partial charge in [0, 0.05) is 0 Å². The van der Waals surface area contributed by atoms with Gasteiger partial charge < -0.3 is 14.9 Å². The van der Waals surface area contributed by atoms with E-state index in [0.717, 1.165) is 11.6 Å². The lowest BCUT2D eigenvalue weighted by atomic mass is 10.2. The first-order valence-electron chi connectivity index (χ1n) is 8.44. The fourth-order valence-corrected chi connectivity index (χ4v) is 2.73. The van der Waals surface area contributed by atoms with E-state index in [9.17, 15) is 15.0 Å². The summed E-state index contributed by atoms with van der Waals surface area (Å²) in [6, 6.07) is 16.0. The van der Waals surface area contributed by atoms with E-state index in [0.29, 0.717) is 28.0 Å². The number of rotatable bonds is 6. The van der Waals surface area contributed by atoms with E-state index in [1.807, 2.05) is 6.07 Å². The number of halogens is 2. The topological polar surface area (TPSA) is 91.2 Å². The van der Waals surface area contributed by atoms with Crippen molar-refractivity contribution in [1.82, 2.24) is 5.43 Å². The predicted molar refractivity (Wildman–Crippen MR) is 112 cm³/mol. The first-order chi connectivity index (χ1) is 13.9. The lowest BCUT2D eigenvalue weighted by Crippen LogP contribution is -2.17. The van der Waals surface area contributed by atoms with E-state index >= 15 is 0 Å². The quantitative estimate of drug-likeness (QED) is 0.299. The number of carbonyl (C=O) groups is 1. The molecule has 0 heterocycles. The third-order valence-electron chi connectivity index (χ3n) is 3.85. The fraction of sp³-hybridized carbons (Fsp3) is 0.0476. The van der Waals surface area contributed by atoms with Gasteiger partial charge in [-0.3, -0.25) is 4.79 Å². The molecule has 0 spiro atoms. The van der Waals surface area contributed by atoms with Gasteiger partial charge in [0.1, 0.15) is 23.9 Å². The summed E-state index contributed by atoms with van der Waals surface area (Å²) in [7, 11) is 0. The average Bonchev–Trinajstić information content (AvgIpc) is 2.71. The summed E-state index contributed by atoms with van der Waals surface area (Å²) in [5.74, 6) is -0.435. The molecule has 0 fully saturated rings. The number of nitrogens with one attached hydrogen (secondary N) is 1. The van der Waals surface area contributed by atoms with Crippen molar-refractivity contribution < 1.29 is 19.7 Å². The van der Waals surface area contributed by atoms with Crippen LogP contribution in [0.2, 0.25) is 10.0 Å². The minimum Gasteiger partial charge on any atom is -0.508 e. The molecular weight excluding hydrogens is 415 g/mol. The fourth-order valence-electron chi connectivity index (χ4n) is 2.41. The number of phenolic OH excluding ortho intramolecular Hbond substituents is 2. The molecule has 6 nitrogen and oxygen atoms in total. The predicted octanol–water partition coefficient (Wildman–Crippen LogP) is 4.75.